The summed E-state index contributed by atoms with van der Waals surface area (Å²) in [5.41, 5.74) is 2.79. The second kappa shape index (κ2) is 11.6. The van der Waals surface area contributed by atoms with E-state index in [1.807, 2.05) is 29.3 Å². The molecule has 44 heavy (non-hydrogen) atoms. The van der Waals surface area contributed by atoms with E-state index < -0.39 is 23.9 Å². The van der Waals surface area contributed by atoms with Crippen LogP contribution < -0.4 is 15.5 Å². The molecular formula is C34H33FN6O3. The lowest BCUT2D eigenvalue weighted by molar-refractivity contribution is -0.132. The van der Waals surface area contributed by atoms with Gasteiger partial charge >= 0.3 is 6.03 Å². The first-order valence-electron chi connectivity index (χ1n) is 15.1. The number of aromatic amines is 1. The van der Waals surface area contributed by atoms with Crippen LogP contribution >= 0.6 is 0 Å². The second-order valence-corrected chi connectivity index (χ2v) is 11.9. The average Bonchev–Trinajstić information content (AvgIpc) is 3.22. The molecule has 224 valence electrons. The number of aliphatic imine (C=N–C) groups is 1. The van der Waals surface area contributed by atoms with Crippen LogP contribution in [0.2, 0.25) is 0 Å². The summed E-state index contributed by atoms with van der Waals surface area (Å²) in [5.74, 6) is -0.287. The molecule has 2 bridgehead atoms. The highest BCUT2D eigenvalue weighted by molar-refractivity contribution is 6.21. The molecule has 0 radical (unpaired) electrons. The highest BCUT2D eigenvalue weighted by atomic mass is 19.1. The highest BCUT2D eigenvalue weighted by Gasteiger charge is 2.37. The number of fused-ring (bicyclic) bond motifs is 6. The normalized spacial score (nSPS) is 21.3. The van der Waals surface area contributed by atoms with Crippen LogP contribution in [0.1, 0.15) is 36.8 Å². The van der Waals surface area contributed by atoms with Gasteiger partial charge in [-0.2, -0.15) is 0 Å². The van der Waals surface area contributed by atoms with Crippen molar-refractivity contribution in [3.05, 3.63) is 95.9 Å². The van der Waals surface area contributed by atoms with Gasteiger partial charge in [-0.15, -0.1) is 0 Å². The maximum Gasteiger partial charge on any atom is 0.321 e. The number of urea groups is 1. The molecule has 1 saturated carbocycles. The van der Waals surface area contributed by atoms with Crippen molar-refractivity contribution in [1.82, 2.24) is 15.2 Å². The molecule has 8 rings (SSSR count). The quantitative estimate of drug-likeness (QED) is 0.293. The Bertz CT molecular complexity index is 1760. The number of nitrogens with zero attached hydrogens (tertiary/aromatic N) is 3. The van der Waals surface area contributed by atoms with E-state index in [1.165, 1.54) is 11.0 Å². The number of H-pyrrole nitrogens is 1. The summed E-state index contributed by atoms with van der Waals surface area (Å²) in [4.78, 5) is 52.3. The van der Waals surface area contributed by atoms with Gasteiger partial charge < -0.3 is 20.5 Å². The number of hydrogen-bond donors (Lipinski definition) is 3. The standard InChI is InChI=1S/C34H33FN6O3/c35-27-7-3-1-5-25(27)31-26-6-2-4-8-29(26)41(20-30(42)40-18-21-9-10-22(19-40)12-11-21)33(43)32(38-31)39-34(44)37-24-13-14-28-23(17-24)15-16-36-28/h1-8,13-17,21-22,32,36H,9-12,18-20H2,(H2,37,39,44). The predicted octanol–water partition coefficient (Wildman–Crippen LogP) is 5.29. The topological polar surface area (TPSA) is 110 Å². The molecule has 0 spiro atoms. The maximum atomic E-state index is 15.2. The van der Waals surface area contributed by atoms with Gasteiger partial charge in [0.25, 0.3) is 5.91 Å². The smallest absolute Gasteiger partial charge is 0.321 e. The number of benzodiazepines with no additional fused rings is 1. The number of nitrogens with one attached hydrogen (secondary N) is 3. The number of hydrogen-bond acceptors (Lipinski definition) is 4. The van der Waals surface area contributed by atoms with Gasteiger partial charge in [-0.1, -0.05) is 30.3 Å². The van der Waals surface area contributed by atoms with E-state index in [0.29, 0.717) is 41.9 Å². The summed E-state index contributed by atoms with van der Waals surface area (Å²) in [6.07, 6.45) is 4.88. The van der Waals surface area contributed by atoms with Crippen LogP contribution in [-0.2, 0) is 9.59 Å². The SMILES string of the molecule is O=C(Nc1ccc2[nH]ccc2c1)NC1N=C(c2ccccc2F)c2ccccc2N(CC(=O)N2CC3CCC(CC3)C2)C1=O. The highest BCUT2D eigenvalue weighted by Crippen LogP contribution is 2.34. The Morgan fingerprint density at radius 1 is 0.909 bits per heavy atom. The molecule has 9 nitrogen and oxygen atoms in total. The van der Waals surface area contributed by atoms with Gasteiger partial charge in [-0.3, -0.25) is 14.5 Å². The van der Waals surface area contributed by atoms with E-state index >= 15 is 4.39 Å². The zero-order valence-electron chi connectivity index (χ0n) is 24.1. The Kier molecular flexibility index (Phi) is 7.33. The number of anilines is 2. The minimum absolute atomic E-state index is 0.149. The summed E-state index contributed by atoms with van der Waals surface area (Å²) in [6, 6.07) is 19.9. The first-order chi connectivity index (χ1) is 21.4. The van der Waals surface area contributed by atoms with E-state index in [9.17, 15) is 14.4 Å². The van der Waals surface area contributed by atoms with Crippen molar-refractivity contribution in [2.75, 3.05) is 29.9 Å². The molecule has 1 aromatic heterocycles. The van der Waals surface area contributed by atoms with E-state index in [4.69, 9.17) is 0 Å². The van der Waals surface area contributed by atoms with Crippen LogP contribution in [0.25, 0.3) is 10.9 Å². The van der Waals surface area contributed by atoms with Crippen molar-refractivity contribution in [3.8, 4) is 0 Å². The number of aromatic nitrogens is 1. The number of para-hydroxylation sites is 1. The van der Waals surface area contributed by atoms with E-state index in [0.717, 1.165) is 36.6 Å². The molecule has 4 aromatic rings. The molecule has 1 atom stereocenters. The minimum Gasteiger partial charge on any atom is -0.361 e. The first kappa shape index (κ1) is 27.8. The number of benzene rings is 3. The number of carbonyl (C=O) groups excluding carboxylic acids is 3. The Labute approximate surface area is 254 Å². The molecule has 3 fully saturated rings. The average molecular weight is 593 g/mol. The summed E-state index contributed by atoms with van der Waals surface area (Å²) in [5, 5.41) is 6.38. The molecule has 1 unspecified atom stereocenters. The third kappa shape index (κ3) is 5.43. The molecule has 1 aliphatic carbocycles. The fourth-order valence-corrected chi connectivity index (χ4v) is 6.71. The molecule has 10 heteroatoms. The zero-order valence-corrected chi connectivity index (χ0v) is 24.1. The van der Waals surface area contributed by atoms with Gasteiger partial charge in [0.05, 0.1) is 11.4 Å². The van der Waals surface area contributed by atoms with Crippen LogP contribution in [0, 0.1) is 17.7 Å². The summed E-state index contributed by atoms with van der Waals surface area (Å²) < 4.78 is 15.2. The predicted molar refractivity (Wildman–Crippen MR) is 167 cm³/mol. The molecule has 4 amide bonds. The van der Waals surface area contributed by atoms with E-state index in [-0.39, 0.29) is 23.7 Å². The Morgan fingerprint density at radius 3 is 2.36 bits per heavy atom. The van der Waals surface area contributed by atoms with Crippen LogP contribution in [0.4, 0.5) is 20.6 Å². The Balaban J connectivity index is 1.22. The molecule has 3 N–H and O–H groups in total. The van der Waals surface area contributed by atoms with E-state index in [2.05, 4.69) is 20.6 Å². The lowest BCUT2D eigenvalue weighted by Gasteiger charge is -2.29. The van der Waals surface area contributed by atoms with Gasteiger partial charge in [0.2, 0.25) is 12.1 Å². The van der Waals surface area contributed by atoms with Gasteiger partial charge in [-0.25, -0.2) is 14.2 Å². The monoisotopic (exact) mass is 592 g/mol. The van der Waals surface area contributed by atoms with Crippen molar-refractivity contribution in [1.29, 1.82) is 0 Å². The molecule has 2 saturated heterocycles. The lowest BCUT2D eigenvalue weighted by atomic mass is 9.84. The van der Waals surface area contributed by atoms with Crippen LogP contribution in [0.5, 0.6) is 0 Å². The second-order valence-electron chi connectivity index (χ2n) is 11.9. The van der Waals surface area contributed by atoms with Crippen molar-refractivity contribution < 1.29 is 18.8 Å². The van der Waals surface area contributed by atoms with Crippen molar-refractivity contribution in [2.45, 2.75) is 31.8 Å². The van der Waals surface area contributed by atoms with Crippen molar-refractivity contribution in [3.63, 3.8) is 0 Å². The summed E-state index contributed by atoms with van der Waals surface area (Å²) in [7, 11) is 0. The third-order valence-electron chi connectivity index (χ3n) is 8.99. The number of carbonyl (C=O) groups is 3. The van der Waals surface area contributed by atoms with Gasteiger partial charge in [0.1, 0.15) is 12.4 Å². The van der Waals surface area contributed by atoms with Crippen LogP contribution in [-0.4, -0.2) is 59.2 Å². The Hall–Kier alpha value is -4.99. The summed E-state index contributed by atoms with van der Waals surface area (Å²) >= 11 is 0. The van der Waals surface area contributed by atoms with Crippen LogP contribution in [0.3, 0.4) is 0 Å². The minimum atomic E-state index is -1.42. The molecule has 4 aliphatic rings. The molecule has 3 aliphatic heterocycles. The number of rotatable bonds is 5. The van der Waals surface area contributed by atoms with Crippen LogP contribution in [0.15, 0.2) is 84.0 Å². The largest absolute Gasteiger partial charge is 0.361 e. The zero-order chi connectivity index (χ0) is 30.2. The van der Waals surface area contributed by atoms with Gasteiger partial charge in [-0.05, 0) is 80.0 Å². The summed E-state index contributed by atoms with van der Waals surface area (Å²) in [6.45, 7) is 1.16. The third-order valence-corrected chi connectivity index (χ3v) is 8.99. The van der Waals surface area contributed by atoms with E-state index in [1.54, 1.807) is 48.5 Å². The molecule has 4 heterocycles. The molecular weight excluding hydrogens is 559 g/mol. The molecule has 3 aromatic carbocycles. The van der Waals surface area contributed by atoms with Gasteiger partial charge in [0.15, 0.2) is 0 Å². The van der Waals surface area contributed by atoms with Crippen molar-refractivity contribution >= 4 is 45.8 Å². The Morgan fingerprint density at radius 2 is 1.61 bits per heavy atom. The number of amides is 4. The van der Waals surface area contributed by atoms with Crippen molar-refractivity contribution in [2.24, 2.45) is 16.8 Å². The maximum absolute atomic E-state index is 15.2. The first-order valence-corrected chi connectivity index (χ1v) is 15.1. The lowest BCUT2D eigenvalue weighted by Crippen LogP contribution is -2.51. The fraction of sp³-hybridized carbons (Fsp3) is 0.294. The fourth-order valence-electron chi connectivity index (χ4n) is 6.71. The number of halogens is 1. The van der Waals surface area contributed by atoms with Gasteiger partial charge in [0, 0.05) is 47.0 Å².